The van der Waals surface area contributed by atoms with Gasteiger partial charge in [0.15, 0.2) is 11.5 Å². The number of methoxy groups -OCH3 is 1. The molecule has 23 heavy (non-hydrogen) atoms. The number of hydrogen-bond donors (Lipinski definition) is 2. The van der Waals surface area contributed by atoms with Crippen molar-refractivity contribution in [1.29, 1.82) is 0 Å². The minimum atomic E-state index is -1.14. The molecule has 6 heteroatoms. The van der Waals surface area contributed by atoms with Gasteiger partial charge in [0.25, 0.3) is 0 Å². The molecule has 0 fully saturated rings. The lowest BCUT2D eigenvalue weighted by Crippen LogP contribution is -2.31. The van der Waals surface area contributed by atoms with Crippen molar-refractivity contribution in [3.63, 3.8) is 0 Å². The molecule has 0 aliphatic carbocycles. The Morgan fingerprint density at radius 1 is 1.35 bits per heavy atom. The highest BCUT2D eigenvalue weighted by Gasteiger charge is 2.17. The van der Waals surface area contributed by atoms with E-state index in [1.807, 2.05) is 0 Å². The van der Waals surface area contributed by atoms with Crippen molar-refractivity contribution in [1.82, 2.24) is 5.06 Å². The summed E-state index contributed by atoms with van der Waals surface area (Å²) in [5.41, 5.74) is 0.684. The van der Waals surface area contributed by atoms with E-state index in [1.54, 1.807) is 12.1 Å². The first-order chi connectivity index (χ1) is 11.0. The molecule has 0 aromatic heterocycles. The van der Waals surface area contributed by atoms with Crippen LogP contribution < -0.4 is 4.74 Å². The van der Waals surface area contributed by atoms with Crippen LogP contribution in [0.25, 0.3) is 0 Å². The summed E-state index contributed by atoms with van der Waals surface area (Å²) in [5.74, 6) is 0.679. The molecule has 1 aromatic rings. The number of benzene rings is 1. The van der Waals surface area contributed by atoms with Gasteiger partial charge in [-0.3, -0.25) is 4.84 Å². The highest BCUT2D eigenvalue weighted by atomic mass is 16.7. The van der Waals surface area contributed by atoms with Gasteiger partial charge in [-0.25, -0.2) is 4.79 Å². The van der Waals surface area contributed by atoms with Gasteiger partial charge < -0.3 is 14.9 Å². The zero-order valence-corrected chi connectivity index (χ0v) is 14.1. The van der Waals surface area contributed by atoms with Crippen LogP contribution in [-0.4, -0.2) is 35.1 Å². The number of phenols is 1. The summed E-state index contributed by atoms with van der Waals surface area (Å²) in [6.45, 7) is 4.68. The Balaban J connectivity index is 2.66. The molecule has 1 unspecified atom stereocenters. The predicted octanol–water partition coefficient (Wildman–Crippen LogP) is 4.03. The maximum atomic E-state index is 11.4. The van der Waals surface area contributed by atoms with E-state index in [-0.39, 0.29) is 12.3 Å². The summed E-state index contributed by atoms with van der Waals surface area (Å²) in [5, 5.41) is 19.8. The van der Waals surface area contributed by atoms with E-state index in [2.05, 4.69) is 13.8 Å². The number of nitrogens with zero attached hydrogens (tertiary/aromatic N) is 1. The second kappa shape index (κ2) is 9.94. The van der Waals surface area contributed by atoms with Gasteiger partial charge in [-0.1, -0.05) is 39.2 Å². The van der Waals surface area contributed by atoms with Gasteiger partial charge in [0.1, 0.15) is 0 Å². The SMILES string of the molecule is CCCCC(CC)CON(Cc1ccc(O)c(OC)c1)C(=O)O. The lowest BCUT2D eigenvalue weighted by molar-refractivity contribution is -0.149. The number of carboxylic acid groups (broad SMARTS) is 1. The van der Waals surface area contributed by atoms with Crippen LogP contribution in [0.4, 0.5) is 4.79 Å². The van der Waals surface area contributed by atoms with Crippen LogP contribution in [0.5, 0.6) is 11.5 Å². The van der Waals surface area contributed by atoms with E-state index in [0.29, 0.717) is 23.8 Å². The third-order valence-corrected chi connectivity index (χ3v) is 3.79. The van der Waals surface area contributed by atoms with E-state index < -0.39 is 6.09 Å². The summed E-state index contributed by atoms with van der Waals surface area (Å²) in [4.78, 5) is 16.9. The number of amides is 1. The molecular formula is C17H27NO5. The van der Waals surface area contributed by atoms with Gasteiger partial charge >= 0.3 is 6.09 Å². The second-order valence-electron chi connectivity index (χ2n) is 5.54. The maximum Gasteiger partial charge on any atom is 0.431 e. The van der Waals surface area contributed by atoms with E-state index in [9.17, 15) is 15.0 Å². The standard InChI is InChI=1S/C17H27NO5/c1-4-6-7-13(5-2)12-23-18(17(20)21)11-14-8-9-15(19)16(10-14)22-3/h8-10,13,19H,4-7,11-12H2,1-3H3,(H,20,21). The van der Waals surface area contributed by atoms with E-state index >= 15 is 0 Å². The Morgan fingerprint density at radius 3 is 2.65 bits per heavy atom. The molecule has 1 atom stereocenters. The minimum absolute atomic E-state index is 0.0182. The third-order valence-electron chi connectivity index (χ3n) is 3.79. The summed E-state index contributed by atoms with van der Waals surface area (Å²) in [6, 6.07) is 4.72. The molecule has 0 aliphatic rings. The molecular weight excluding hydrogens is 298 g/mol. The monoisotopic (exact) mass is 325 g/mol. The number of phenolic OH excluding ortho intramolecular Hbond substituents is 1. The number of carbonyl (C=O) groups is 1. The van der Waals surface area contributed by atoms with Crippen LogP contribution in [0.3, 0.4) is 0 Å². The summed E-state index contributed by atoms with van der Waals surface area (Å²) < 4.78 is 5.03. The zero-order valence-electron chi connectivity index (χ0n) is 14.1. The smallest absolute Gasteiger partial charge is 0.431 e. The van der Waals surface area contributed by atoms with Crippen molar-refractivity contribution in [2.24, 2.45) is 5.92 Å². The van der Waals surface area contributed by atoms with Gasteiger partial charge in [0.05, 0.1) is 20.3 Å². The number of hydrogen-bond acceptors (Lipinski definition) is 4. The van der Waals surface area contributed by atoms with E-state index in [0.717, 1.165) is 30.7 Å². The molecule has 1 rings (SSSR count). The second-order valence-corrected chi connectivity index (χ2v) is 5.54. The molecule has 0 bridgehead atoms. The highest BCUT2D eigenvalue weighted by molar-refractivity contribution is 5.63. The zero-order chi connectivity index (χ0) is 17.2. The van der Waals surface area contributed by atoms with Crippen LogP contribution in [-0.2, 0) is 11.4 Å². The average Bonchev–Trinajstić information content (AvgIpc) is 2.55. The Morgan fingerprint density at radius 2 is 2.09 bits per heavy atom. The number of unbranched alkanes of at least 4 members (excludes halogenated alkanes) is 1. The Hall–Kier alpha value is -1.95. The summed E-state index contributed by atoms with van der Waals surface area (Å²) in [6.07, 6.45) is 3.09. The lowest BCUT2D eigenvalue weighted by atomic mass is 10.0. The van der Waals surface area contributed by atoms with Crippen molar-refractivity contribution in [3.8, 4) is 11.5 Å². The van der Waals surface area contributed by atoms with Crippen molar-refractivity contribution in [2.75, 3.05) is 13.7 Å². The average molecular weight is 325 g/mol. The van der Waals surface area contributed by atoms with Crippen LogP contribution >= 0.6 is 0 Å². The molecule has 0 radical (unpaired) electrons. The normalized spacial score (nSPS) is 12.0. The number of hydroxylamine groups is 2. The minimum Gasteiger partial charge on any atom is -0.504 e. The molecule has 130 valence electrons. The first kappa shape index (κ1) is 19.1. The molecule has 6 nitrogen and oxygen atoms in total. The Bertz CT molecular complexity index is 492. The third kappa shape index (κ3) is 6.36. The molecule has 1 aromatic carbocycles. The van der Waals surface area contributed by atoms with Crippen LogP contribution in [0.2, 0.25) is 0 Å². The van der Waals surface area contributed by atoms with Crippen molar-refractivity contribution in [2.45, 2.75) is 46.1 Å². The highest BCUT2D eigenvalue weighted by Crippen LogP contribution is 2.27. The molecule has 0 aliphatic heterocycles. The summed E-state index contributed by atoms with van der Waals surface area (Å²) >= 11 is 0. The fourth-order valence-electron chi connectivity index (χ4n) is 2.25. The molecule has 2 N–H and O–H groups in total. The van der Waals surface area contributed by atoms with Crippen LogP contribution in [0, 0.1) is 5.92 Å². The van der Waals surface area contributed by atoms with Crippen LogP contribution in [0.15, 0.2) is 18.2 Å². The van der Waals surface area contributed by atoms with Gasteiger partial charge in [-0.2, -0.15) is 5.06 Å². The molecule has 0 saturated carbocycles. The molecule has 0 saturated heterocycles. The summed E-state index contributed by atoms with van der Waals surface area (Å²) in [7, 11) is 1.45. The van der Waals surface area contributed by atoms with Crippen molar-refractivity contribution < 1.29 is 24.6 Å². The van der Waals surface area contributed by atoms with Crippen molar-refractivity contribution in [3.05, 3.63) is 23.8 Å². The van der Waals surface area contributed by atoms with Crippen LogP contribution in [0.1, 0.15) is 45.1 Å². The number of rotatable bonds is 10. The molecule has 0 heterocycles. The van der Waals surface area contributed by atoms with Gasteiger partial charge in [-0.05, 0) is 30.0 Å². The first-order valence-corrected chi connectivity index (χ1v) is 8.01. The Labute approximate surface area is 137 Å². The molecule has 1 amide bonds. The van der Waals surface area contributed by atoms with Gasteiger partial charge in [0, 0.05) is 0 Å². The van der Waals surface area contributed by atoms with Gasteiger partial charge in [-0.15, -0.1) is 0 Å². The fourth-order valence-corrected chi connectivity index (χ4v) is 2.25. The fraction of sp³-hybridized carbons (Fsp3) is 0.588. The van der Waals surface area contributed by atoms with E-state index in [1.165, 1.54) is 13.2 Å². The Kier molecular flexibility index (Phi) is 8.26. The predicted molar refractivity (Wildman–Crippen MR) is 87.5 cm³/mol. The molecule has 0 spiro atoms. The lowest BCUT2D eigenvalue weighted by Gasteiger charge is -2.22. The quantitative estimate of drug-likeness (QED) is 0.635. The van der Waals surface area contributed by atoms with Gasteiger partial charge in [0.2, 0.25) is 0 Å². The first-order valence-electron chi connectivity index (χ1n) is 8.01. The number of ether oxygens (including phenoxy) is 1. The van der Waals surface area contributed by atoms with E-state index in [4.69, 9.17) is 9.57 Å². The number of aromatic hydroxyl groups is 1. The maximum absolute atomic E-state index is 11.4. The topological polar surface area (TPSA) is 79.2 Å². The largest absolute Gasteiger partial charge is 0.504 e. The van der Waals surface area contributed by atoms with Crippen molar-refractivity contribution >= 4 is 6.09 Å².